The van der Waals surface area contributed by atoms with E-state index in [1.165, 1.54) is 0 Å². The van der Waals surface area contributed by atoms with Crippen molar-refractivity contribution >= 4 is 17.6 Å². The summed E-state index contributed by atoms with van der Waals surface area (Å²) >= 11 is 6.41. The molecule has 0 amide bonds. The molecule has 2 aromatic heterocycles. The molecule has 5 nitrogen and oxygen atoms in total. The Balaban J connectivity index is 2.33. The van der Waals surface area contributed by atoms with Crippen molar-refractivity contribution < 1.29 is 9.53 Å². The van der Waals surface area contributed by atoms with Gasteiger partial charge >= 0.3 is 5.97 Å². The van der Waals surface area contributed by atoms with Crippen LogP contribution < -0.4 is 0 Å². The molecule has 0 saturated carbocycles. The van der Waals surface area contributed by atoms with Crippen LogP contribution >= 0.6 is 11.6 Å². The van der Waals surface area contributed by atoms with Crippen LogP contribution in [0, 0.1) is 0 Å². The Morgan fingerprint density at radius 3 is 2.76 bits per heavy atom. The molecule has 6 heteroatoms. The van der Waals surface area contributed by atoms with E-state index in [1.54, 1.807) is 13.0 Å². The van der Waals surface area contributed by atoms with Crippen molar-refractivity contribution in [3.05, 3.63) is 40.4 Å². The first-order chi connectivity index (χ1) is 10.1. The topological polar surface area (TPSA) is 49.1 Å². The molecular formula is C15H20ClN3O2. The molecule has 2 heterocycles. The van der Waals surface area contributed by atoms with E-state index >= 15 is 0 Å². The first kappa shape index (κ1) is 15.6. The summed E-state index contributed by atoms with van der Waals surface area (Å²) in [6, 6.07) is 3.58. The summed E-state index contributed by atoms with van der Waals surface area (Å²) < 4.78 is 8.79. The predicted molar refractivity (Wildman–Crippen MR) is 81.8 cm³/mol. The van der Waals surface area contributed by atoms with Crippen molar-refractivity contribution in [3.63, 3.8) is 0 Å². The van der Waals surface area contributed by atoms with Crippen LogP contribution in [0.3, 0.4) is 0 Å². The Hall–Kier alpha value is -1.75. The number of esters is 1. The Morgan fingerprint density at radius 1 is 1.38 bits per heavy atom. The standard InChI is InChI=1S/C15H20ClN3O2/c1-4-11-14(16)13(19(5-2)17-11)10-18-9-7-8-12(18)15(20)21-6-3/h7-9H,4-6,10H2,1-3H3. The first-order valence-corrected chi connectivity index (χ1v) is 7.56. The molecule has 0 aliphatic carbocycles. The van der Waals surface area contributed by atoms with Crippen molar-refractivity contribution in [1.29, 1.82) is 0 Å². The SMILES string of the molecule is CCOC(=O)c1cccn1Cc1c(Cl)c(CC)nn1CC. The van der Waals surface area contributed by atoms with Gasteiger partial charge in [-0.2, -0.15) is 5.10 Å². The lowest BCUT2D eigenvalue weighted by molar-refractivity contribution is 0.0514. The van der Waals surface area contributed by atoms with Gasteiger partial charge < -0.3 is 9.30 Å². The predicted octanol–water partition coefficient (Wildman–Crippen LogP) is 3.15. The molecule has 0 saturated heterocycles. The number of aryl methyl sites for hydroxylation is 2. The smallest absolute Gasteiger partial charge is 0.354 e. The van der Waals surface area contributed by atoms with Crippen LogP contribution in [0.1, 0.15) is 42.6 Å². The molecule has 0 atom stereocenters. The van der Waals surface area contributed by atoms with Crippen molar-refractivity contribution in [2.45, 2.75) is 40.3 Å². The van der Waals surface area contributed by atoms with Gasteiger partial charge in [0.2, 0.25) is 0 Å². The van der Waals surface area contributed by atoms with Crippen LogP contribution in [-0.2, 0) is 24.2 Å². The molecule has 0 bridgehead atoms. The molecule has 2 rings (SSSR count). The third kappa shape index (κ3) is 3.13. The van der Waals surface area contributed by atoms with Crippen LogP contribution in [0.15, 0.2) is 18.3 Å². The molecule has 0 aromatic carbocycles. The van der Waals surface area contributed by atoms with Gasteiger partial charge in [-0.1, -0.05) is 18.5 Å². The van der Waals surface area contributed by atoms with Gasteiger partial charge in [0.05, 0.1) is 29.6 Å². The Kier molecular flexibility index (Phi) is 5.07. The maximum absolute atomic E-state index is 11.9. The van der Waals surface area contributed by atoms with E-state index in [9.17, 15) is 4.79 Å². The van der Waals surface area contributed by atoms with Gasteiger partial charge in [0.1, 0.15) is 5.69 Å². The largest absolute Gasteiger partial charge is 0.461 e. The van der Waals surface area contributed by atoms with Gasteiger partial charge in [-0.15, -0.1) is 0 Å². The molecule has 21 heavy (non-hydrogen) atoms. The summed E-state index contributed by atoms with van der Waals surface area (Å²) in [6.07, 6.45) is 2.64. The Labute approximate surface area is 129 Å². The van der Waals surface area contributed by atoms with Crippen molar-refractivity contribution in [2.24, 2.45) is 0 Å². The number of aromatic nitrogens is 3. The fraction of sp³-hybridized carbons (Fsp3) is 0.467. The zero-order chi connectivity index (χ0) is 15.4. The van der Waals surface area contributed by atoms with Crippen LogP contribution in [0.25, 0.3) is 0 Å². The number of carbonyl (C=O) groups is 1. The number of nitrogens with zero attached hydrogens (tertiary/aromatic N) is 3. The second-order valence-electron chi connectivity index (χ2n) is 4.62. The third-order valence-electron chi connectivity index (χ3n) is 3.33. The third-order valence-corrected chi connectivity index (χ3v) is 3.76. The minimum Gasteiger partial charge on any atom is -0.461 e. The molecule has 0 radical (unpaired) electrons. The summed E-state index contributed by atoms with van der Waals surface area (Å²) in [7, 11) is 0. The first-order valence-electron chi connectivity index (χ1n) is 7.18. The van der Waals surface area contributed by atoms with Crippen LogP contribution in [0.2, 0.25) is 5.02 Å². The maximum Gasteiger partial charge on any atom is 0.354 e. The van der Waals surface area contributed by atoms with E-state index in [0.29, 0.717) is 23.9 Å². The highest BCUT2D eigenvalue weighted by Gasteiger charge is 2.18. The summed E-state index contributed by atoms with van der Waals surface area (Å²) in [5, 5.41) is 5.18. The van der Waals surface area contributed by atoms with Gasteiger partial charge in [0, 0.05) is 12.7 Å². The maximum atomic E-state index is 11.9. The Bertz CT molecular complexity index is 631. The second kappa shape index (κ2) is 6.80. The summed E-state index contributed by atoms with van der Waals surface area (Å²) in [4.78, 5) is 11.9. The zero-order valence-corrected chi connectivity index (χ0v) is 13.4. The average Bonchev–Trinajstić information content (AvgIpc) is 3.05. The molecule has 0 fully saturated rings. The second-order valence-corrected chi connectivity index (χ2v) is 5.00. The van der Waals surface area contributed by atoms with Crippen molar-refractivity contribution in [1.82, 2.24) is 14.3 Å². The summed E-state index contributed by atoms with van der Waals surface area (Å²) in [5.74, 6) is -0.322. The van der Waals surface area contributed by atoms with Crippen LogP contribution in [0.4, 0.5) is 0 Å². The number of carbonyl (C=O) groups excluding carboxylic acids is 1. The normalized spacial score (nSPS) is 10.9. The fourth-order valence-electron chi connectivity index (χ4n) is 2.27. The minimum atomic E-state index is -0.322. The van der Waals surface area contributed by atoms with E-state index in [-0.39, 0.29) is 5.97 Å². The number of hydrogen-bond acceptors (Lipinski definition) is 3. The van der Waals surface area contributed by atoms with Crippen LogP contribution in [-0.4, -0.2) is 26.9 Å². The van der Waals surface area contributed by atoms with Crippen LogP contribution in [0.5, 0.6) is 0 Å². The van der Waals surface area contributed by atoms with E-state index < -0.39 is 0 Å². The molecule has 114 valence electrons. The average molecular weight is 310 g/mol. The van der Waals surface area contributed by atoms with E-state index in [4.69, 9.17) is 16.3 Å². The molecular weight excluding hydrogens is 290 g/mol. The van der Waals surface area contributed by atoms with E-state index in [2.05, 4.69) is 5.10 Å². The Morgan fingerprint density at radius 2 is 2.14 bits per heavy atom. The lowest BCUT2D eigenvalue weighted by Crippen LogP contribution is -2.14. The molecule has 0 unspecified atom stereocenters. The highest BCUT2D eigenvalue weighted by molar-refractivity contribution is 6.31. The molecule has 0 N–H and O–H groups in total. The number of halogens is 1. The van der Waals surface area contributed by atoms with Gasteiger partial charge in [0.15, 0.2) is 0 Å². The van der Waals surface area contributed by atoms with E-state index in [1.807, 2.05) is 35.4 Å². The van der Waals surface area contributed by atoms with Gasteiger partial charge in [-0.3, -0.25) is 4.68 Å². The van der Waals surface area contributed by atoms with Gasteiger partial charge in [0.25, 0.3) is 0 Å². The zero-order valence-electron chi connectivity index (χ0n) is 12.6. The number of rotatable bonds is 6. The summed E-state index contributed by atoms with van der Waals surface area (Å²) in [6.45, 7) is 7.44. The minimum absolute atomic E-state index is 0.322. The number of ether oxygens (including phenoxy) is 1. The van der Waals surface area contributed by atoms with Gasteiger partial charge in [-0.25, -0.2) is 4.79 Å². The molecule has 0 spiro atoms. The number of hydrogen-bond donors (Lipinski definition) is 0. The highest BCUT2D eigenvalue weighted by Crippen LogP contribution is 2.23. The molecule has 0 aliphatic heterocycles. The van der Waals surface area contributed by atoms with Crippen molar-refractivity contribution in [2.75, 3.05) is 6.61 Å². The lowest BCUT2D eigenvalue weighted by Gasteiger charge is -2.10. The lowest BCUT2D eigenvalue weighted by atomic mass is 10.3. The monoisotopic (exact) mass is 309 g/mol. The highest BCUT2D eigenvalue weighted by atomic mass is 35.5. The van der Waals surface area contributed by atoms with Gasteiger partial charge in [-0.05, 0) is 32.4 Å². The van der Waals surface area contributed by atoms with E-state index in [0.717, 1.165) is 24.4 Å². The quantitative estimate of drug-likeness (QED) is 0.770. The van der Waals surface area contributed by atoms with Crippen molar-refractivity contribution in [3.8, 4) is 0 Å². The summed E-state index contributed by atoms with van der Waals surface area (Å²) in [5.41, 5.74) is 2.32. The molecule has 2 aromatic rings. The molecule has 0 aliphatic rings. The fourth-order valence-corrected chi connectivity index (χ4v) is 2.60.